The summed E-state index contributed by atoms with van der Waals surface area (Å²) in [7, 11) is 0. The van der Waals surface area contributed by atoms with E-state index in [0.29, 0.717) is 0 Å². The van der Waals surface area contributed by atoms with Gasteiger partial charge in [-0.3, -0.25) is 0 Å². The second-order valence-corrected chi connectivity index (χ2v) is 7.40. The monoisotopic (exact) mass is 266 g/mol. The molecule has 0 aromatic rings. The normalized spacial score (nSPS) is 15.6. The van der Waals surface area contributed by atoms with E-state index < -0.39 is 0 Å². The molecule has 2 unspecified atom stereocenters. The minimum atomic E-state index is 0.765. The van der Waals surface area contributed by atoms with Gasteiger partial charge in [-0.25, -0.2) is 0 Å². The Kier molecular flexibility index (Phi) is 11.4. The zero-order valence-corrected chi connectivity index (χ0v) is 14.4. The molecule has 0 aliphatic heterocycles. The van der Waals surface area contributed by atoms with Crippen molar-refractivity contribution >= 4 is 0 Å². The molecule has 0 aromatic carbocycles. The van der Waals surface area contributed by atoms with Crippen LogP contribution in [0.4, 0.5) is 0 Å². The van der Waals surface area contributed by atoms with Gasteiger partial charge in [0.2, 0.25) is 0 Å². The first-order valence-electron chi connectivity index (χ1n) is 8.58. The SMILES string of the molecule is CC(C)CC=CC(C)CCCC(C)CCCC(C)C. The molecule has 0 nitrogen and oxygen atoms in total. The van der Waals surface area contributed by atoms with Gasteiger partial charge < -0.3 is 0 Å². The molecule has 0 aliphatic carbocycles. The molecule has 0 bridgehead atoms. The maximum Gasteiger partial charge on any atom is -0.0262 e. The van der Waals surface area contributed by atoms with Crippen molar-refractivity contribution < 1.29 is 0 Å². The number of hydrogen-bond acceptors (Lipinski definition) is 0. The molecule has 0 aliphatic rings. The summed E-state index contributed by atoms with van der Waals surface area (Å²) in [5, 5.41) is 0. The molecular formula is C19H38. The van der Waals surface area contributed by atoms with Gasteiger partial charge in [0, 0.05) is 0 Å². The van der Waals surface area contributed by atoms with Crippen molar-refractivity contribution in [2.45, 2.75) is 86.5 Å². The summed E-state index contributed by atoms with van der Waals surface area (Å²) in [6.07, 6.45) is 14.5. The predicted molar refractivity (Wildman–Crippen MR) is 89.5 cm³/mol. The fraction of sp³-hybridized carbons (Fsp3) is 0.895. The maximum atomic E-state index is 2.43. The van der Waals surface area contributed by atoms with Crippen LogP contribution >= 0.6 is 0 Å². The number of hydrogen-bond donors (Lipinski definition) is 0. The molecule has 19 heavy (non-hydrogen) atoms. The second-order valence-electron chi connectivity index (χ2n) is 7.40. The fourth-order valence-corrected chi connectivity index (χ4v) is 2.49. The van der Waals surface area contributed by atoms with Crippen LogP contribution in [0.3, 0.4) is 0 Å². The Morgan fingerprint density at radius 3 is 1.79 bits per heavy atom. The molecule has 0 amide bonds. The third-order valence-electron chi connectivity index (χ3n) is 3.91. The summed E-state index contributed by atoms with van der Waals surface area (Å²) >= 11 is 0. The Hall–Kier alpha value is -0.260. The number of rotatable bonds is 11. The highest BCUT2D eigenvalue weighted by atomic mass is 14.1. The van der Waals surface area contributed by atoms with Crippen LogP contribution < -0.4 is 0 Å². The Morgan fingerprint density at radius 2 is 1.26 bits per heavy atom. The Morgan fingerprint density at radius 1 is 0.684 bits per heavy atom. The third-order valence-corrected chi connectivity index (χ3v) is 3.91. The van der Waals surface area contributed by atoms with E-state index in [0.717, 1.165) is 23.7 Å². The zero-order chi connectivity index (χ0) is 14.7. The van der Waals surface area contributed by atoms with Gasteiger partial charge in [0.15, 0.2) is 0 Å². The van der Waals surface area contributed by atoms with E-state index in [1.807, 2.05) is 0 Å². The van der Waals surface area contributed by atoms with Crippen molar-refractivity contribution in [3.05, 3.63) is 12.2 Å². The lowest BCUT2D eigenvalue weighted by Gasteiger charge is -2.13. The summed E-state index contributed by atoms with van der Waals surface area (Å²) in [6, 6.07) is 0. The summed E-state index contributed by atoms with van der Waals surface area (Å²) in [4.78, 5) is 0. The van der Waals surface area contributed by atoms with Crippen molar-refractivity contribution in [3.8, 4) is 0 Å². The second kappa shape index (κ2) is 11.6. The molecule has 0 saturated heterocycles. The van der Waals surface area contributed by atoms with Crippen molar-refractivity contribution in [2.75, 3.05) is 0 Å². The van der Waals surface area contributed by atoms with Crippen molar-refractivity contribution in [1.82, 2.24) is 0 Å². The summed E-state index contributed by atoms with van der Waals surface area (Å²) in [5.41, 5.74) is 0. The van der Waals surface area contributed by atoms with Crippen LogP contribution in [-0.2, 0) is 0 Å². The van der Waals surface area contributed by atoms with Crippen LogP contribution in [0.2, 0.25) is 0 Å². The fourth-order valence-electron chi connectivity index (χ4n) is 2.49. The topological polar surface area (TPSA) is 0 Å². The average molecular weight is 267 g/mol. The van der Waals surface area contributed by atoms with Gasteiger partial charge in [0.25, 0.3) is 0 Å². The standard InChI is InChI=1S/C19H38/c1-16(2)10-7-12-18(5)14-9-15-19(6)13-8-11-17(3)4/h7,12,16-19H,8-11,13-15H2,1-6H3. The van der Waals surface area contributed by atoms with Gasteiger partial charge >= 0.3 is 0 Å². The van der Waals surface area contributed by atoms with Gasteiger partial charge in [-0.05, 0) is 36.5 Å². The highest BCUT2D eigenvalue weighted by molar-refractivity contribution is 4.86. The van der Waals surface area contributed by atoms with E-state index in [9.17, 15) is 0 Å². The van der Waals surface area contributed by atoms with Crippen LogP contribution in [0.5, 0.6) is 0 Å². The Balaban J connectivity index is 3.52. The van der Waals surface area contributed by atoms with E-state index in [-0.39, 0.29) is 0 Å². The molecular weight excluding hydrogens is 228 g/mol. The van der Waals surface area contributed by atoms with Gasteiger partial charge in [-0.15, -0.1) is 0 Å². The summed E-state index contributed by atoms with van der Waals surface area (Å²) in [5.74, 6) is 3.36. The molecule has 0 fully saturated rings. The molecule has 0 N–H and O–H groups in total. The molecule has 2 atom stereocenters. The first kappa shape index (κ1) is 18.7. The first-order valence-corrected chi connectivity index (χ1v) is 8.58. The molecule has 0 aromatic heterocycles. The molecule has 0 rings (SSSR count). The summed E-state index contributed by atoms with van der Waals surface area (Å²) in [6.45, 7) is 14.0. The lowest BCUT2D eigenvalue weighted by molar-refractivity contribution is 0.413. The van der Waals surface area contributed by atoms with Crippen molar-refractivity contribution in [1.29, 1.82) is 0 Å². The van der Waals surface area contributed by atoms with Gasteiger partial charge in [-0.1, -0.05) is 85.8 Å². The zero-order valence-electron chi connectivity index (χ0n) is 14.4. The van der Waals surface area contributed by atoms with E-state index >= 15 is 0 Å². The molecule has 0 heteroatoms. The molecule has 0 heterocycles. The van der Waals surface area contributed by atoms with E-state index in [1.165, 1.54) is 44.9 Å². The quantitative estimate of drug-likeness (QED) is 0.358. The van der Waals surface area contributed by atoms with Crippen molar-refractivity contribution in [3.63, 3.8) is 0 Å². The first-order chi connectivity index (χ1) is 8.91. The molecule has 0 saturated carbocycles. The Labute approximate surface area is 123 Å². The highest BCUT2D eigenvalue weighted by Gasteiger charge is 2.04. The highest BCUT2D eigenvalue weighted by Crippen LogP contribution is 2.19. The van der Waals surface area contributed by atoms with Crippen LogP contribution in [0, 0.1) is 23.7 Å². The molecule has 0 radical (unpaired) electrons. The summed E-state index contributed by atoms with van der Waals surface area (Å²) < 4.78 is 0. The van der Waals surface area contributed by atoms with Gasteiger partial charge in [-0.2, -0.15) is 0 Å². The lowest BCUT2D eigenvalue weighted by Crippen LogP contribution is -1.98. The van der Waals surface area contributed by atoms with Crippen LogP contribution in [0.25, 0.3) is 0 Å². The van der Waals surface area contributed by atoms with Crippen LogP contribution in [0.1, 0.15) is 86.5 Å². The van der Waals surface area contributed by atoms with E-state index in [4.69, 9.17) is 0 Å². The predicted octanol–water partition coefficient (Wildman–Crippen LogP) is 6.86. The van der Waals surface area contributed by atoms with Crippen LogP contribution in [-0.4, -0.2) is 0 Å². The van der Waals surface area contributed by atoms with Crippen molar-refractivity contribution in [2.24, 2.45) is 23.7 Å². The Bertz CT molecular complexity index is 212. The van der Waals surface area contributed by atoms with Gasteiger partial charge in [0.05, 0.1) is 0 Å². The van der Waals surface area contributed by atoms with Crippen LogP contribution in [0.15, 0.2) is 12.2 Å². The lowest BCUT2D eigenvalue weighted by atomic mass is 9.93. The molecule has 0 spiro atoms. The number of allylic oxidation sites excluding steroid dienone is 2. The average Bonchev–Trinajstić information content (AvgIpc) is 2.27. The minimum absolute atomic E-state index is 0.765. The smallest absolute Gasteiger partial charge is 0.0262 e. The van der Waals surface area contributed by atoms with E-state index in [2.05, 4.69) is 53.7 Å². The van der Waals surface area contributed by atoms with E-state index in [1.54, 1.807) is 0 Å². The minimum Gasteiger partial charge on any atom is -0.0880 e. The van der Waals surface area contributed by atoms with Gasteiger partial charge in [0.1, 0.15) is 0 Å². The largest absolute Gasteiger partial charge is 0.0880 e. The molecule has 114 valence electrons. The third kappa shape index (κ3) is 14.0. The maximum absolute atomic E-state index is 2.43.